The van der Waals surface area contributed by atoms with Gasteiger partial charge in [-0.05, 0) is 48.9 Å². The predicted molar refractivity (Wildman–Crippen MR) is 108 cm³/mol. The minimum absolute atomic E-state index is 0.218. The van der Waals surface area contributed by atoms with Crippen molar-refractivity contribution in [3.8, 4) is 5.69 Å². The minimum atomic E-state index is -0.731. The highest BCUT2D eigenvalue weighted by Gasteiger charge is 2.37. The number of benzene rings is 1. The van der Waals surface area contributed by atoms with Gasteiger partial charge in [-0.1, -0.05) is 24.4 Å². The van der Waals surface area contributed by atoms with Crippen molar-refractivity contribution in [3.63, 3.8) is 0 Å². The summed E-state index contributed by atoms with van der Waals surface area (Å²) in [4.78, 5) is 31.2. The van der Waals surface area contributed by atoms with E-state index >= 15 is 0 Å². The number of nitrogens with one attached hydrogen (secondary N) is 1. The molecule has 0 spiro atoms. The zero-order valence-electron chi connectivity index (χ0n) is 17.1. The van der Waals surface area contributed by atoms with E-state index in [0.717, 1.165) is 30.5 Å². The average molecular weight is 418 g/mol. The van der Waals surface area contributed by atoms with Crippen LogP contribution in [-0.4, -0.2) is 50.1 Å². The van der Waals surface area contributed by atoms with Crippen LogP contribution in [0.4, 0.5) is 0 Å². The number of hydrogen-bond donors (Lipinski definition) is 2. The summed E-state index contributed by atoms with van der Waals surface area (Å²) in [5, 5.41) is 7.61. The molecule has 1 saturated heterocycles. The molecule has 2 atom stereocenters. The predicted octanol–water partition coefficient (Wildman–Crippen LogP) is 1.66. The molecular formula is C20H25ClN6O2. The Morgan fingerprint density at radius 1 is 1.38 bits per heavy atom. The molecule has 2 aliphatic rings. The van der Waals surface area contributed by atoms with Crippen LogP contribution in [0.5, 0.6) is 0 Å². The molecule has 2 aromatic rings. The fourth-order valence-electron chi connectivity index (χ4n) is 3.76. The van der Waals surface area contributed by atoms with Gasteiger partial charge in [0, 0.05) is 19.5 Å². The first-order chi connectivity index (χ1) is 14.4. The van der Waals surface area contributed by atoms with Crippen LogP contribution >= 0.6 is 11.6 Å². The Morgan fingerprint density at radius 2 is 2.21 bits per heavy atom. The van der Waals surface area contributed by atoms with Crippen molar-refractivity contribution in [3.05, 3.63) is 41.4 Å². The maximum absolute atomic E-state index is 12.9. The summed E-state index contributed by atoms with van der Waals surface area (Å²) in [5.41, 5.74) is 7.63. The molecule has 4 rings (SSSR count). The third-order valence-electron chi connectivity index (χ3n) is 5.43. The molecule has 1 aromatic carbocycles. The van der Waals surface area contributed by atoms with Gasteiger partial charge in [-0.3, -0.25) is 9.59 Å². The molecule has 2 amide bonds. The van der Waals surface area contributed by atoms with Crippen molar-refractivity contribution in [2.75, 3.05) is 6.54 Å². The van der Waals surface area contributed by atoms with Crippen molar-refractivity contribution in [1.29, 1.82) is 0 Å². The highest BCUT2D eigenvalue weighted by atomic mass is 35.5. The minimum Gasteiger partial charge on any atom is -0.350 e. The number of likely N-dealkylation sites (tertiary alicyclic amines) is 1. The zero-order valence-corrected chi connectivity index (χ0v) is 16.8. The van der Waals surface area contributed by atoms with Crippen LogP contribution in [0.25, 0.3) is 5.69 Å². The molecule has 3 N–H and O–H groups in total. The SMILES string of the molecule is [2H]C1(C[C@H](N)C(=O)N2CCC[C@H]2C(=O)NCc2cc(Cl)ccc2-n2cncn2)CC1. The molecule has 0 radical (unpaired) electrons. The second-order valence-corrected chi connectivity index (χ2v) is 8.02. The molecule has 1 saturated carbocycles. The molecular weight excluding hydrogens is 392 g/mol. The van der Waals surface area contributed by atoms with Gasteiger partial charge in [-0.25, -0.2) is 9.67 Å². The molecule has 154 valence electrons. The van der Waals surface area contributed by atoms with Crippen molar-refractivity contribution in [2.24, 2.45) is 11.6 Å². The standard InChI is InChI=1S/C20H25ClN6O2/c21-15-5-6-17(27-12-23-11-25-27)14(9-15)10-24-19(28)18-2-1-7-26(18)20(29)16(22)8-13-3-4-13/h5-6,9,11-13,16,18H,1-4,7-8,10,22H2,(H,24,28)/t16-,18-/m0/s1/i13D. The van der Waals surface area contributed by atoms with E-state index in [4.69, 9.17) is 18.7 Å². The van der Waals surface area contributed by atoms with E-state index in [2.05, 4.69) is 15.4 Å². The Balaban J connectivity index is 1.41. The zero-order chi connectivity index (χ0) is 21.3. The first-order valence-corrected chi connectivity index (χ1v) is 10.2. The third kappa shape index (κ3) is 4.59. The van der Waals surface area contributed by atoms with Crippen LogP contribution in [0.15, 0.2) is 30.9 Å². The Hall–Kier alpha value is -2.45. The fraction of sp³-hybridized carbons (Fsp3) is 0.500. The van der Waals surface area contributed by atoms with E-state index in [0.29, 0.717) is 24.4 Å². The van der Waals surface area contributed by atoms with E-state index in [-0.39, 0.29) is 18.4 Å². The molecule has 0 bridgehead atoms. The summed E-state index contributed by atoms with van der Waals surface area (Å²) >= 11 is 6.14. The van der Waals surface area contributed by atoms with Crippen molar-refractivity contribution in [2.45, 2.75) is 50.7 Å². The number of aromatic nitrogens is 3. The summed E-state index contributed by atoms with van der Waals surface area (Å²) in [6.07, 6.45) is 6.28. The second kappa shape index (κ2) is 8.51. The highest BCUT2D eigenvalue weighted by Crippen LogP contribution is 2.33. The van der Waals surface area contributed by atoms with Crippen LogP contribution in [0.1, 0.15) is 39.0 Å². The second-order valence-electron chi connectivity index (χ2n) is 7.58. The topological polar surface area (TPSA) is 106 Å². The molecule has 8 nitrogen and oxygen atoms in total. The smallest absolute Gasteiger partial charge is 0.243 e. The lowest BCUT2D eigenvalue weighted by Crippen LogP contribution is -2.51. The molecule has 1 aliphatic heterocycles. The van der Waals surface area contributed by atoms with Gasteiger partial charge in [0.25, 0.3) is 0 Å². The summed E-state index contributed by atoms with van der Waals surface area (Å²) < 4.78 is 9.69. The molecule has 29 heavy (non-hydrogen) atoms. The van der Waals surface area contributed by atoms with Gasteiger partial charge in [0.15, 0.2) is 0 Å². The maximum Gasteiger partial charge on any atom is 0.243 e. The molecule has 2 fully saturated rings. The fourth-order valence-corrected chi connectivity index (χ4v) is 3.95. The van der Waals surface area contributed by atoms with E-state index in [1.54, 1.807) is 28.0 Å². The van der Waals surface area contributed by atoms with Crippen LogP contribution in [0.3, 0.4) is 0 Å². The van der Waals surface area contributed by atoms with Gasteiger partial charge in [-0.2, -0.15) is 5.10 Å². The van der Waals surface area contributed by atoms with E-state index in [9.17, 15) is 9.59 Å². The number of carbonyl (C=O) groups excluding carboxylic acids is 2. The third-order valence-corrected chi connectivity index (χ3v) is 5.66. The van der Waals surface area contributed by atoms with E-state index < -0.39 is 18.0 Å². The van der Waals surface area contributed by atoms with Gasteiger partial charge in [0.05, 0.1) is 11.7 Å². The van der Waals surface area contributed by atoms with E-state index in [1.807, 2.05) is 6.07 Å². The van der Waals surface area contributed by atoms with Crippen molar-refractivity contribution in [1.82, 2.24) is 25.0 Å². The van der Waals surface area contributed by atoms with Gasteiger partial charge in [-0.15, -0.1) is 0 Å². The Kier molecular flexibility index (Phi) is 5.45. The number of nitrogens with two attached hydrogens (primary N) is 1. The van der Waals surface area contributed by atoms with Gasteiger partial charge in [0.2, 0.25) is 11.8 Å². The summed E-state index contributed by atoms with van der Waals surface area (Å²) in [6.45, 7) is 0.756. The van der Waals surface area contributed by atoms with Gasteiger partial charge < -0.3 is 16.0 Å². The lowest BCUT2D eigenvalue weighted by Gasteiger charge is -2.27. The quantitative estimate of drug-likeness (QED) is 0.712. The van der Waals surface area contributed by atoms with Crippen molar-refractivity contribution >= 4 is 23.4 Å². The lowest BCUT2D eigenvalue weighted by atomic mass is 10.1. The highest BCUT2D eigenvalue weighted by molar-refractivity contribution is 6.30. The molecule has 1 aliphatic carbocycles. The monoisotopic (exact) mass is 417 g/mol. The van der Waals surface area contributed by atoms with Crippen molar-refractivity contribution < 1.29 is 11.0 Å². The van der Waals surface area contributed by atoms with Crippen LogP contribution in [0.2, 0.25) is 5.02 Å². The summed E-state index contributed by atoms with van der Waals surface area (Å²) in [6, 6.07) is 4.07. The number of carbonyl (C=O) groups is 2. The largest absolute Gasteiger partial charge is 0.350 e. The molecule has 0 unspecified atom stereocenters. The Labute approximate surface area is 175 Å². The molecule has 1 aromatic heterocycles. The number of halogens is 1. The summed E-state index contributed by atoms with van der Waals surface area (Å²) in [5.74, 6) is -1.02. The Bertz CT molecular complexity index is 933. The van der Waals surface area contributed by atoms with E-state index in [1.165, 1.54) is 6.33 Å². The van der Waals surface area contributed by atoms with Crippen LogP contribution in [-0.2, 0) is 16.1 Å². The van der Waals surface area contributed by atoms with Crippen LogP contribution < -0.4 is 11.1 Å². The first-order valence-electron chi connectivity index (χ1n) is 10.3. The average Bonchev–Trinajstić information content (AvgIpc) is 3.15. The van der Waals surface area contributed by atoms with Gasteiger partial charge in [0.1, 0.15) is 18.7 Å². The molecule has 2 heterocycles. The number of amides is 2. The lowest BCUT2D eigenvalue weighted by molar-refractivity contribution is -0.139. The number of hydrogen-bond acceptors (Lipinski definition) is 5. The number of rotatable bonds is 7. The summed E-state index contributed by atoms with van der Waals surface area (Å²) in [7, 11) is 0. The Morgan fingerprint density at radius 3 is 2.93 bits per heavy atom. The molecule has 9 heteroatoms. The normalized spacial score (nSPS) is 21.5. The maximum atomic E-state index is 12.9. The first kappa shape index (κ1) is 18.6. The van der Waals surface area contributed by atoms with Gasteiger partial charge >= 0.3 is 0 Å². The van der Waals surface area contributed by atoms with Crippen LogP contribution in [0, 0.1) is 5.89 Å². The number of nitrogens with zero attached hydrogens (tertiary/aromatic N) is 4.